The zero-order valence-electron chi connectivity index (χ0n) is 21.9. The average Bonchev–Trinajstić information content (AvgIpc) is 3.50. The van der Waals surface area contributed by atoms with Gasteiger partial charge in [-0.15, -0.1) is 0 Å². The molecule has 6 aromatic carbocycles. The molecule has 0 atom stereocenters. The second kappa shape index (κ2) is 9.90. The van der Waals surface area contributed by atoms with Crippen molar-refractivity contribution in [3.8, 4) is 44.3 Å². The summed E-state index contributed by atoms with van der Waals surface area (Å²) < 4.78 is 2.47. The van der Waals surface area contributed by atoms with Crippen LogP contribution in [0.3, 0.4) is 0 Å². The first-order chi connectivity index (χ1) is 20.3. The topological polar surface area (TPSA) is 51.6 Å². The molecule has 8 aromatic rings. The van der Waals surface area contributed by atoms with Crippen LogP contribution in [0.5, 0.6) is 0 Å². The van der Waals surface area contributed by atoms with Gasteiger partial charge in [0.1, 0.15) is 0 Å². The van der Waals surface area contributed by atoms with Crippen molar-refractivity contribution < 1.29 is 0 Å². The molecule has 0 N–H and O–H groups in total. The number of aromatic nitrogens is 4. The van der Waals surface area contributed by atoms with Crippen LogP contribution in [0.25, 0.3) is 75.6 Å². The Kier molecular flexibility index (Phi) is 5.77. The van der Waals surface area contributed by atoms with Crippen molar-refractivity contribution in [3.05, 3.63) is 133 Å². The Morgan fingerprint density at radius 1 is 0.415 bits per heavy atom. The van der Waals surface area contributed by atoms with Crippen molar-refractivity contribution in [3.63, 3.8) is 0 Å². The van der Waals surface area contributed by atoms with Crippen molar-refractivity contribution in [2.24, 2.45) is 0 Å². The Hall–Kier alpha value is -4.96. The van der Waals surface area contributed by atoms with E-state index in [0.717, 1.165) is 37.5 Å². The van der Waals surface area contributed by atoms with Gasteiger partial charge in [0.25, 0.3) is 0 Å². The summed E-state index contributed by atoms with van der Waals surface area (Å²) in [6.45, 7) is 0. The fraction of sp³-hybridized carbons (Fsp3) is 0. The molecule has 0 radical (unpaired) electrons. The third kappa shape index (κ3) is 4.33. The van der Waals surface area contributed by atoms with Crippen molar-refractivity contribution in [2.45, 2.75) is 0 Å². The molecular weight excluding hydrogens is 567 g/mol. The molecule has 0 aliphatic carbocycles. The first kappa shape index (κ1) is 23.9. The van der Waals surface area contributed by atoms with Gasteiger partial charge in [-0.1, -0.05) is 0 Å². The third-order valence-corrected chi connectivity index (χ3v) is 9.77. The number of nitrogens with zero attached hydrogens (tertiary/aromatic N) is 4. The van der Waals surface area contributed by atoms with Gasteiger partial charge < -0.3 is 0 Å². The molecule has 0 fully saturated rings. The number of hydrogen-bond donors (Lipinski definition) is 0. The average molecular weight is 590 g/mol. The van der Waals surface area contributed by atoms with Crippen LogP contribution in [0.4, 0.5) is 0 Å². The summed E-state index contributed by atoms with van der Waals surface area (Å²) in [6, 6.07) is 46.1. The second-order valence-electron chi connectivity index (χ2n) is 9.93. The van der Waals surface area contributed by atoms with Crippen LogP contribution in [-0.2, 0) is 0 Å². The van der Waals surface area contributed by atoms with E-state index in [4.69, 9.17) is 19.9 Å². The van der Waals surface area contributed by atoms with E-state index in [2.05, 4.69) is 97.1 Å². The van der Waals surface area contributed by atoms with Crippen LogP contribution in [0.1, 0.15) is 0 Å². The molecule has 0 aliphatic rings. The normalized spacial score (nSPS) is 11.4. The van der Waals surface area contributed by atoms with Gasteiger partial charge in [0.05, 0.1) is 0 Å². The summed E-state index contributed by atoms with van der Waals surface area (Å²) in [5.74, 6) is 2.00. The molecule has 0 saturated heterocycles. The molecule has 0 aliphatic heterocycles. The molecule has 2 aromatic heterocycles. The molecule has 2 heterocycles. The summed E-state index contributed by atoms with van der Waals surface area (Å²) in [7, 11) is 0. The first-order valence-electron chi connectivity index (χ1n) is 13.5. The molecule has 0 bridgehead atoms. The summed E-state index contributed by atoms with van der Waals surface area (Å²) in [5, 5.41) is 4.69. The van der Waals surface area contributed by atoms with Crippen molar-refractivity contribution in [2.75, 3.05) is 0 Å². The van der Waals surface area contributed by atoms with E-state index in [-0.39, 0.29) is 14.5 Å². The van der Waals surface area contributed by atoms with Crippen molar-refractivity contribution >= 4 is 45.8 Å². The van der Waals surface area contributed by atoms with Gasteiger partial charge in [0.15, 0.2) is 0 Å². The van der Waals surface area contributed by atoms with E-state index in [1.165, 1.54) is 20.6 Å². The first-order valence-corrected chi connectivity index (χ1v) is 15.2. The molecule has 192 valence electrons. The van der Waals surface area contributed by atoms with E-state index in [1.54, 1.807) is 0 Å². The predicted octanol–water partition coefficient (Wildman–Crippen LogP) is 8.45. The molecular formula is C36H22N4Se. The SMILES string of the molecule is c1ccc(-c2nc(-c3ccc4ccc5nc(-c6ccccc6)[se]c5c4c3)nc(-c3cccc4ccccc34)n2)cc1. The molecule has 8 rings (SSSR count). The quantitative estimate of drug-likeness (QED) is 0.193. The Labute approximate surface area is 242 Å². The molecule has 0 unspecified atom stereocenters. The van der Waals surface area contributed by atoms with Gasteiger partial charge in [-0.25, -0.2) is 0 Å². The minimum absolute atomic E-state index is 0.108. The number of hydrogen-bond acceptors (Lipinski definition) is 4. The molecule has 41 heavy (non-hydrogen) atoms. The van der Waals surface area contributed by atoms with E-state index in [0.29, 0.717) is 17.5 Å². The Morgan fingerprint density at radius 2 is 1.05 bits per heavy atom. The Bertz CT molecular complexity index is 2200. The fourth-order valence-corrected chi connectivity index (χ4v) is 7.61. The number of benzene rings is 6. The van der Waals surface area contributed by atoms with Gasteiger partial charge in [0, 0.05) is 0 Å². The fourth-order valence-electron chi connectivity index (χ4n) is 5.31. The van der Waals surface area contributed by atoms with Crippen LogP contribution in [0.2, 0.25) is 0 Å². The van der Waals surface area contributed by atoms with E-state index < -0.39 is 0 Å². The van der Waals surface area contributed by atoms with Crippen molar-refractivity contribution in [1.29, 1.82) is 0 Å². The summed E-state index contributed by atoms with van der Waals surface area (Å²) in [4.78, 5) is 20.1. The van der Waals surface area contributed by atoms with E-state index in [1.807, 2.05) is 36.4 Å². The summed E-state index contributed by atoms with van der Waals surface area (Å²) in [5.41, 5.74) is 5.18. The zero-order valence-corrected chi connectivity index (χ0v) is 23.6. The number of fused-ring (bicyclic) bond motifs is 4. The molecule has 4 nitrogen and oxygen atoms in total. The molecule has 0 amide bonds. The van der Waals surface area contributed by atoms with Gasteiger partial charge in [-0.05, 0) is 0 Å². The Morgan fingerprint density at radius 3 is 1.88 bits per heavy atom. The standard InChI is InChI=1S/C36H22N4Se/c1-3-11-25(12-4-1)33-38-34(40-35(39-33)29-17-9-15-23-10-7-8-16-28(23)29)27-19-18-24-20-21-31-32(30(24)22-27)41-36(37-31)26-13-5-2-6-14-26/h1-22H. The zero-order chi connectivity index (χ0) is 27.2. The van der Waals surface area contributed by atoms with E-state index in [9.17, 15) is 0 Å². The summed E-state index contributed by atoms with van der Waals surface area (Å²) in [6.07, 6.45) is 0. The van der Waals surface area contributed by atoms with Crippen LogP contribution in [0, 0.1) is 0 Å². The maximum atomic E-state index is 5.07. The van der Waals surface area contributed by atoms with E-state index >= 15 is 0 Å². The summed E-state index contributed by atoms with van der Waals surface area (Å²) >= 11 is 0.108. The molecule has 5 heteroatoms. The van der Waals surface area contributed by atoms with Crippen LogP contribution < -0.4 is 0 Å². The monoisotopic (exact) mass is 590 g/mol. The van der Waals surface area contributed by atoms with Crippen LogP contribution >= 0.6 is 0 Å². The van der Waals surface area contributed by atoms with Crippen molar-refractivity contribution in [1.82, 2.24) is 19.9 Å². The Balaban J connectivity index is 1.34. The predicted molar refractivity (Wildman–Crippen MR) is 169 cm³/mol. The van der Waals surface area contributed by atoms with Gasteiger partial charge >= 0.3 is 244 Å². The second-order valence-corrected chi connectivity index (χ2v) is 12.0. The van der Waals surface area contributed by atoms with Gasteiger partial charge in [0.2, 0.25) is 0 Å². The number of rotatable bonds is 4. The van der Waals surface area contributed by atoms with Gasteiger partial charge in [-0.3, -0.25) is 0 Å². The van der Waals surface area contributed by atoms with Gasteiger partial charge in [-0.2, -0.15) is 0 Å². The third-order valence-electron chi connectivity index (χ3n) is 7.35. The maximum absolute atomic E-state index is 5.07. The molecule has 0 saturated carbocycles. The minimum atomic E-state index is 0.108. The molecule has 0 spiro atoms. The van der Waals surface area contributed by atoms with Crippen LogP contribution in [-0.4, -0.2) is 34.4 Å². The van der Waals surface area contributed by atoms with Crippen LogP contribution in [0.15, 0.2) is 133 Å².